The molecule has 1 rings (SSSR count). The minimum absolute atomic E-state index is 0.00319. The monoisotopic (exact) mass is 196 g/mol. The quantitative estimate of drug-likeness (QED) is 0.705. The maximum atomic E-state index is 11.5. The van der Waals surface area contributed by atoms with E-state index in [1.165, 1.54) is 30.3 Å². The topological polar surface area (TPSA) is 73.7 Å². The first-order valence-electron chi connectivity index (χ1n) is 4.17. The number of likely N-dealkylation sites (N-methyl/N-ethyl adjacent to an activating group) is 1. The van der Waals surface area contributed by atoms with Crippen LogP contribution in [-0.4, -0.2) is 46.2 Å². The number of aliphatic hydroxyl groups excluding tert-OH is 1. The third-order valence-corrected chi connectivity index (χ3v) is 1.77. The van der Waals surface area contributed by atoms with Gasteiger partial charge in [0.1, 0.15) is 5.75 Å². The summed E-state index contributed by atoms with van der Waals surface area (Å²) in [6.45, 7) is 0.102. The van der Waals surface area contributed by atoms with Gasteiger partial charge in [-0.15, -0.1) is 0 Å². The molecule has 0 unspecified atom stereocenters. The van der Waals surface area contributed by atoms with E-state index in [2.05, 4.69) is 4.98 Å². The Balaban J connectivity index is 2.84. The Morgan fingerprint density at radius 2 is 2.36 bits per heavy atom. The van der Waals surface area contributed by atoms with Crippen LogP contribution in [0.3, 0.4) is 0 Å². The number of carbonyl (C=O) groups is 1. The van der Waals surface area contributed by atoms with Crippen LogP contribution in [0.1, 0.15) is 10.5 Å². The van der Waals surface area contributed by atoms with Gasteiger partial charge in [0.05, 0.1) is 6.61 Å². The normalized spacial score (nSPS) is 9.86. The van der Waals surface area contributed by atoms with Crippen molar-refractivity contribution in [3.8, 4) is 5.75 Å². The van der Waals surface area contributed by atoms with E-state index >= 15 is 0 Å². The molecule has 76 valence electrons. The summed E-state index contributed by atoms with van der Waals surface area (Å²) >= 11 is 0. The SMILES string of the molecule is CN(CCO)C(=O)c1ncccc1O. The van der Waals surface area contributed by atoms with Crippen molar-refractivity contribution in [2.45, 2.75) is 0 Å². The van der Waals surface area contributed by atoms with Crippen LogP contribution in [0.4, 0.5) is 0 Å². The van der Waals surface area contributed by atoms with Gasteiger partial charge in [0.2, 0.25) is 0 Å². The van der Waals surface area contributed by atoms with Gasteiger partial charge < -0.3 is 15.1 Å². The van der Waals surface area contributed by atoms with Gasteiger partial charge in [-0.3, -0.25) is 4.79 Å². The van der Waals surface area contributed by atoms with Gasteiger partial charge >= 0.3 is 0 Å². The second kappa shape index (κ2) is 4.57. The Labute approximate surface area is 81.6 Å². The number of hydrogen-bond acceptors (Lipinski definition) is 4. The molecule has 1 amide bonds. The first kappa shape index (κ1) is 10.5. The number of aliphatic hydroxyl groups is 1. The van der Waals surface area contributed by atoms with Crippen molar-refractivity contribution in [3.63, 3.8) is 0 Å². The van der Waals surface area contributed by atoms with Gasteiger partial charge in [0.25, 0.3) is 5.91 Å². The molecule has 0 aromatic carbocycles. The second-order valence-corrected chi connectivity index (χ2v) is 2.82. The van der Waals surface area contributed by atoms with E-state index in [0.717, 1.165) is 0 Å². The molecule has 2 N–H and O–H groups in total. The molecular weight excluding hydrogens is 184 g/mol. The summed E-state index contributed by atoms with van der Waals surface area (Å²) in [6, 6.07) is 2.94. The lowest BCUT2D eigenvalue weighted by Crippen LogP contribution is -2.30. The molecule has 1 aromatic rings. The average molecular weight is 196 g/mol. The Morgan fingerprint density at radius 1 is 1.64 bits per heavy atom. The van der Waals surface area contributed by atoms with E-state index < -0.39 is 5.91 Å². The highest BCUT2D eigenvalue weighted by Gasteiger charge is 2.15. The Morgan fingerprint density at radius 3 is 2.93 bits per heavy atom. The van der Waals surface area contributed by atoms with Crippen molar-refractivity contribution in [1.82, 2.24) is 9.88 Å². The minimum Gasteiger partial charge on any atom is -0.505 e. The van der Waals surface area contributed by atoms with E-state index in [-0.39, 0.29) is 24.6 Å². The van der Waals surface area contributed by atoms with Gasteiger partial charge in [-0.2, -0.15) is 0 Å². The van der Waals surface area contributed by atoms with Gasteiger partial charge in [-0.1, -0.05) is 0 Å². The van der Waals surface area contributed by atoms with Crippen LogP contribution in [0.25, 0.3) is 0 Å². The van der Waals surface area contributed by atoms with Crippen LogP contribution in [-0.2, 0) is 0 Å². The number of nitrogens with zero attached hydrogens (tertiary/aromatic N) is 2. The van der Waals surface area contributed by atoms with Crippen LogP contribution in [0.5, 0.6) is 5.75 Å². The number of aromatic nitrogens is 1. The third-order valence-electron chi connectivity index (χ3n) is 1.77. The lowest BCUT2D eigenvalue weighted by molar-refractivity contribution is 0.0758. The molecule has 1 aromatic heterocycles. The maximum absolute atomic E-state index is 11.5. The zero-order valence-corrected chi connectivity index (χ0v) is 7.84. The van der Waals surface area contributed by atoms with Gasteiger partial charge in [-0.25, -0.2) is 4.98 Å². The summed E-state index contributed by atoms with van der Waals surface area (Å²) < 4.78 is 0. The minimum atomic E-state index is -0.405. The van der Waals surface area contributed by atoms with Crippen molar-refractivity contribution in [3.05, 3.63) is 24.0 Å². The van der Waals surface area contributed by atoms with E-state index in [1.54, 1.807) is 0 Å². The molecule has 0 saturated carbocycles. The summed E-state index contributed by atoms with van der Waals surface area (Å²) in [5.74, 6) is -0.556. The molecule has 0 fully saturated rings. The largest absolute Gasteiger partial charge is 0.505 e. The number of pyridine rings is 1. The third kappa shape index (κ3) is 2.20. The second-order valence-electron chi connectivity index (χ2n) is 2.82. The maximum Gasteiger partial charge on any atom is 0.276 e. The van der Waals surface area contributed by atoms with E-state index in [0.29, 0.717) is 0 Å². The number of hydrogen-bond donors (Lipinski definition) is 2. The molecule has 0 aliphatic carbocycles. The Hall–Kier alpha value is -1.62. The summed E-state index contributed by atoms with van der Waals surface area (Å²) in [6.07, 6.45) is 1.43. The fourth-order valence-electron chi connectivity index (χ4n) is 0.994. The van der Waals surface area contributed by atoms with Crippen LogP contribution in [0.15, 0.2) is 18.3 Å². The number of rotatable bonds is 3. The van der Waals surface area contributed by atoms with Crippen molar-refractivity contribution >= 4 is 5.91 Å². The molecule has 0 radical (unpaired) electrons. The molecule has 0 bridgehead atoms. The standard InChI is InChI=1S/C9H12N2O3/c1-11(5-6-12)9(14)8-7(13)3-2-4-10-8/h2-4,12-13H,5-6H2,1H3. The van der Waals surface area contributed by atoms with Crippen molar-refractivity contribution in [2.24, 2.45) is 0 Å². The smallest absolute Gasteiger partial charge is 0.276 e. The Bertz CT molecular complexity index is 328. The van der Waals surface area contributed by atoms with Gasteiger partial charge in [0, 0.05) is 19.8 Å². The zero-order valence-electron chi connectivity index (χ0n) is 7.84. The van der Waals surface area contributed by atoms with Crippen LogP contribution < -0.4 is 0 Å². The number of carbonyl (C=O) groups excluding carboxylic acids is 1. The van der Waals surface area contributed by atoms with E-state index in [9.17, 15) is 9.90 Å². The van der Waals surface area contributed by atoms with Crippen LogP contribution in [0.2, 0.25) is 0 Å². The van der Waals surface area contributed by atoms with Crippen molar-refractivity contribution < 1.29 is 15.0 Å². The number of amides is 1. The highest BCUT2D eigenvalue weighted by molar-refractivity contribution is 5.94. The molecule has 14 heavy (non-hydrogen) atoms. The zero-order chi connectivity index (χ0) is 10.6. The fraction of sp³-hybridized carbons (Fsp3) is 0.333. The predicted molar refractivity (Wildman–Crippen MR) is 49.9 cm³/mol. The molecule has 0 saturated heterocycles. The molecule has 5 heteroatoms. The predicted octanol–water partition coefficient (Wildman–Crippen LogP) is -0.149. The van der Waals surface area contributed by atoms with Crippen molar-refractivity contribution in [2.75, 3.05) is 20.2 Å². The summed E-state index contributed by atoms with van der Waals surface area (Å²) in [5.41, 5.74) is 0.00319. The lowest BCUT2D eigenvalue weighted by Gasteiger charge is -2.15. The fourth-order valence-corrected chi connectivity index (χ4v) is 0.994. The van der Waals surface area contributed by atoms with Gasteiger partial charge in [0.15, 0.2) is 5.69 Å². The highest BCUT2D eigenvalue weighted by atomic mass is 16.3. The molecule has 0 spiro atoms. The van der Waals surface area contributed by atoms with E-state index in [4.69, 9.17) is 5.11 Å². The van der Waals surface area contributed by atoms with Gasteiger partial charge in [-0.05, 0) is 12.1 Å². The number of aromatic hydroxyl groups is 1. The molecule has 0 aliphatic heterocycles. The lowest BCUT2D eigenvalue weighted by atomic mass is 10.3. The molecule has 1 heterocycles. The van der Waals surface area contributed by atoms with Crippen LogP contribution in [0, 0.1) is 0 Å². The summed E-state index contributed by atoms with van der Waals surface area (Å²) in [4.78, 5) is 16.6. The highest BCUT2D eigenvalue weighted by Crippen LogP contribution is 2.13. The first-order chi connectivity index (χ1) is 6.66. The van der Waals surface area contributed by atoms with Crippen LogP contribution >= 0.6 is 0 Å². The summed E-state index contributed by atoms with van der Waals surface area (Å²) in [5, 5.41) is 18.0. The Kier molecular flexibility index (Phi) is 3.41. The van der Waals surface area contributed by atoms with Crippen molar-refractivity contribution in [1.29, 1.82) is 0 Å². The average Bonchev–Trinajstić information content (AvgIpc) is 2.18. The molecule has 0 atom stereocenters. The first-order valence-corrected chi connectivity index (χ1v) is 4.17. The molecule has 5 nitrogen and oxygen atoms in total. The van der Waals surface area contributed by atoms with E-state index in [1.807, 2.05) is 0 Å². The molecule has 0 aliphatic rings. The molecular formula is C9H12N2O3. The summed E-state index contributed by atoms with van der Waals surface area (Å²) in [7, 11) is 1.53.